The molecule has 1 aromatic rings. The number of hydrogen-bond acceptors (Lipinski definition) is 2. The first-order chi connectivity index (χ1) is 7.83. The molecule has 0 radical (unpaired) electrons. The summed E-state index contributed by atoms with van der Waals surface area (Å²) in [7, 11) is 2.08. The fourth-order valence-corrected chi connectivity index (χ4v) is 1.19. The van der Waals surface area contributed by atoms with Gasteiger partial charge < -0.3 is 10.6 Å². The molecule has 0 saturated carbocycles. The van der Waals surface area contributed by atoms with Crippen LogP contribution in [0.2, 0.25) is 0 Å². The molecule has 0 saturated heterocycles. The molecule has 0 aliphatic rings. The maximum absolute atomic E-state index is 5.44. The van der Waals surface area contributed by atoms with Crippen LogP contribution in [0.5, 0.6) is 0 Å². The molecule has 16 heavy (non-hydrogen) atoms. The first-order valence-corrected chi connectivity index (χ1v) is 6.25. The molecule has 0 fully saturated rings. The lowest BCUT2D eigenvalue weighted by Gasteiger charge is -2.14. The minimum Gasteiger partial charge on any atom is -0.329 e. The maximum Gasteiger partial charge on any atom is 0.0231 e. The molecular formula is C14H28N2. The Labute approximate surface area is 101 Å². The maximum atomic E-state index is 5.44. The highest BCUT2D eigenvalue weighted by Crippen LogP contribution is 2.01. The van der Waals surface area contributed by atoms with Crippen molar-refractivity contribution in [2.75, 3.05) is 20.1 Å². The summed E-state index contributed by atoms with van der Waals surface area (Å²) in [6.07, 6.45) is 0. The van der Waals surface area contributed by atoms with Gasteiger partial charge in [-0.15, -0.1) is 0 Å². The van der Waals surface area contributed by atoms with Crippen LogP contribution in [-0.2, 0) is 6.54 Å². The molecule has 0 unspecified atom stereocenters. The van der Waals surface area contributed by atoms with Gasteiger partial charge in [-0.2, -0.15) is 0 Å². The number of nitrogens with zero attached hydrogens (tertiary/aromatic N) is 1. The van der Waals surface area contributed by atoms with Crippen molar-refractivity contribution in [2.24, 2.45) is 5.73 Å². The van der Waals surface area contributed by atoms with E-state index in [2.05, 4.69) is 36.2 Å². The lowest BCUT2D eigenvalue weighted by atomic mass is 10.2. The van der Waals surface area contributed by atoms with Crippen LogP contribution >= 0.6 is 0 Å². The zero-order valence-electron chi connectivity index (χ0n) is 11.5. The van der Waals surface area contributed by atoms with E-state index in [1.54, 1.807) is 0 Å². The minimum absolute atomic E-state index is 0.726. The van der Waals surface area contributed by atoms with Gasteiger partial charge in [0.2, 0.25) is 0 Å². The normalized spacial score (nSPS) is 8.69. The second kappa shape index (κ2) is 14.1. The topological polar surface area (TPSA) is 29.3 Å². The number of benzene rings is 1. The summed E-state index contributed by atoms with van der Waals surface area (Å²) in [4.78, 5) is 2.22. The molecule has 0 aliphatic heterocycles. The third-order valence-electron chi connectivity index (χ3n) is 1.81. The van der Waals surface area contributed by atoms with Gasteiger partial charge in [-0.05, 0) is 12.6 Å². The van der Waals surface area contributed by atoms with Gasteiger partial charge in [0.1, 0.15) is 0 Å². The zero-order valence-corrected chi connectivity index (χ0v) is 11.5. The van der Waals surface area contributed by atoms with E-state index in [4.69, 9.17) is 5.73 Å². The van der Waals surface area contributed by atoms with Gasteiger partial charge in [0.05, 0.1) is 0 Å². The number of nitrogens with two attached hydrogens (primary N) is 1. The second-order valence-corrected chi connectivity index (χ2v) is 3.01. The van der Waals surface area contributed by atoms with Crippen molar-refractivity contribution in [3.05, 3.63) is 35.9 Å². The van der Waals surface area contributed by atoms with Gasteiger partial charge in [-0.25, -0.2) is 0 Å². The van der Waals surface area contributed by atoms with Crippen molar-refractivity contribution < 1.29 is 0 Å². The lowest BCUT2D eigenvalue weighted by molar-refractivity contribution is 0.336. The van der Waals surface area contributed by atoms with Gasteiger partial charge in [0, 0.05) is 19.6 Å². The van der Waals surface area contributed by atoms with E-state index < -0.39 is 0 Å². The Balaban J connectivity index is 0. The van der Waals surface area contributed by atoms with Gasteiger partial charge in [-0.3, -0.25) is 0 Å². The van der Waals surface area contributed by atoms with Crippen LogP contribution in [0, 0.1) is 0 Å². The van der Waals surface area contributed by atoms with E-state index in [1.165, 1.54) is 5.56 Å². The molecule has 94 valence electrons. The largest absolute Gasteiger partial charge is 0.329 e. The van der Waals surface area contributed by atoms with Crippen molar-refractivity contribution in [2.45, 2.75) is 34.2 Å². The molecule has 2 N–H and O–H groups in total. The third-order valence-corrected chi connectivity index (χ3v) is 1.81. The molecule has 0 amide bonds. The molecule has 2 nitrogen and oxygen atoms in total. The molecule has 0 atom stereocenters. The Kier molecular flexibility index (Phi) is 15.5. The van der Waals surface area contributed by atoms with E-state index in [0.717, 1.165) is 19.6 Å². The summed E-state index contributed by atoms with van der Waals surface area (Å²) in [5.74, 6) is 0. The van der Waals surface area contributed by atoms with Gasteiger partial charge in [0.25, 0.3) is 0 Å². The SMILES string of the molecule is CC.CC.CN(CCN)Cc1ccccc1. The van der Waals surface area contributed by atoms with Gasteiger partial charge >= 0.3 is 0 Å². The highest BCUT2D eigenvalue weighted by molar-refractivity contribution is 5.14. The first kappa shape index (κ1) is 17.5. The summed E-state index contributed by atoms with van der Waals surface area (Å²) >= 11 is 0. The van der Waals surface area contributed by atoms with Crippen molar-refractivity contribution in [3.8, 4) is 0 Å². The van der Waals surface area contributed by atoms with E-state index in [0.29, 0.717) is 0 Å². The molecular weight excluding hydrogens is 196 g/mol. The number of likely N-dealkylation sites (N-methyl/N-ethyl adjacent to an activating group) is 1. The highest BCUT2D eigenvalue weighted by atomic mass is 15.1. The molecule has 1 rings (SSSR count). The van der Waals surface area contributed by atoms with Gasteiger partial charge in [0.15, 0.2) is 0 Å². The van der Waals surface area contributed by atoms with Crippen LogP contribution < -0.4 is 5.73 Å². The van der Waals surface area contributed by atoms with E-state index >= 15 is 0 Å². The number of rotatable bonds is 4. The van der Waals surface area contributed by atoms with Crippen molar-refractivity contribution in [1.29, 1.82) is 0 Å². The Morgan fingerprint density at radius 2 is 1.50 bits per heavy atom. The summed E-state index contributed by atoms with van der Waals surface area (Å²) in [5, 5.41) is 0. The molecule has 2 heteroatoms. The molecule has 1 aromatic carbocycles. The summed E-state index contributed by atoms with van der Waals surface area (Å²) in [6, 6.07) is 10.4. The number of hydrogen-bond donors (Lipinski definition) is 1. The van der Waals surface area contributed by atoms with Crippen LogP contribution in [-0.4, -0.2) is 25.0 Å². The van der Waals surface area contributed by atoms with Crippen LogP contribution in [0.1, 0.15) is 33.3 Å². The van der Waals surface area contributed by atoms with Crippen LogP contribution in [0.3, 0.4) is 0 Å². The highest BCUT2D eigenvalue weighted by Gasteiger charge is 1.96. The average molecular weight is 224 g/mol. The minimum atomic E-state index is 0.726. The Bertz CT molecular complexity index is 209. The zero-order chi connectivity index (χ0) is 12.8. The summed E-state index contributed by atoms with van der Waals surface area (Å²) in [5.41, 5.74) is 6.78. The van der Waals surface area contributed by atoms with Gasteiger partial charge in [-0.1, -0.05) is 58.0 Å². The van der Waals surface area contributed by atoms with E-state index in [-0.39, 0.29) is 0 Å². The summed E-state index contributed by atoms with van der Waals surface area (Å²) in [6.45, 7) is 10.7. The molecule has 0 heterocycles. The third kappa shape index (κ3) is 9.69. The Morgan fingerprint density at radius 1 is 1.00 bits per heavy atom. The van der Waals surface area contributed by atoms with Crippen LogP contribution in [0.15, 0.2) is 30.3 Å². The monoisotopic (exact) mass is 224 g/mol. The summed E-state index contributed by atoms with van der Waals surface area (Å²) < 4.78 is 0. The van der Waals surface area contributed by atoms with Crippen molar-refractivity contribution in [1.82, 2.24) is 4.90 Å². The molecule has 0 aromatic heterocycles. The smallest absolute Gasteiger partial charge is 0.0231 e. The Morgan fingerprint density at radius 3 is 1.94 bits per heavy atom. The first-order valence-electron chi connectivity index (χ1n) is 6.25. The van der Waals surface area contributed by atoms with E-state index in [9.17, 15) is 0 Å². The predicted molar refractivity (Wildman–Crippen MR) is 74.5 cm³/mol. The Hall–Kier alpha value is -0.860. The molecule has 0 spiro atoms. The standard InChI is InChI=1S/C10H16N2.2C2H6/c1-12(8-7-11)9-10-5-3-2-4-6-10;2*1-2/h2-6H,7-9,11H2,1H3;2*1-2H3. The van der Waals surface area contributed by atoms with Crippen molar-refractivity contribution >= 4 is 0 Å². The van der Waals surface area contributed by atoms with Crippen LogP contribution in [0.25, 0.3) is 0 Å². The molecule has 0 aliphatic carbocycles. The fourth-order valence-electron chi connectivity index (χ4n) is 1.19. The van der Waals surface area contributed by atoms with Crippen LogP contribution in [0.4, 0.5) is 0 Å². The average Bonchev–Trinajstić information content (AvgIpc) is 2.36. The second-order valence-electron chi connectivity index (χ2n) is 3.01. The van der Waals surface area contributed by atoms with Crippen molar-refractivity contribution in [3.63, 3.8) is 0 Å². The van der Waals surface area contributed by atoms with E-state index in [1.807, 2.05) is 33.8 Å². The fraction of sp³-hybridized carbons (Fsp3) is 0.571. The predicted octanol–water partition coefficient (Wildman–Crippen LogP) is 3.13. The molecule has 0 bridgehead atoms. The lowest BCUT2D eigenvalue weighted by Crippen LogP contribution is -2.24. The quantitative estimate of drug-likeness (QED) is 0.851.